The topological polar surface area (TPSA) is 58.4 Å². The second-order valence-corrected chi connectivity index (χ2v) is 4.89. The first-order chi connectivity index (χ1) is 8.31. The monoisotopic (exact) mass is 235 g/mol. The van der Waals surface area contributed by atoms with Gasteiger partial charge in [-0.2, -0.15) is 0 Å². The highest BCUT2D eigenvalue weighted by Crippen LogP contribution is 2.34. The molecular weight excluding hydrogens is 218 g/mol. The van der Waals surface area contributed by atoms with Crippen molar-refractivity contribution < 1.29 is 9.32 Å². The fourth-order valence-electron chi connectivity index (χ4n) is 3.25. The van der Waals surface area contributed by atoms with Gasteiger partial charge in [-0.15, -0.1) is 0 Å². The number of nitrogens with zero attached hydrogens (tertiary/aromatic N) is 2. The molecule has 5 nitrogen and oxygen atoms in total. The minimum Gasteiger partial charge on any atom is -0.351 e. The Morgan fingerprint density at radius 2 is 2.53 bits per heavy atom. The van der Waals surface area contributed by atoms with Crippen molar-refractivity contribution in [2.45, 2.75) is 19.4 Å². The molecule has 0 aromatic carbocycles. The summed E-state index contributed by atoms with van der Waals surface area (Å²) in [6, 6.07) is 1.98. The Bertz CT molecular complexity index is 404. The molecule has 3 rings (SSSR count). The summed E-state index contributed by atoms with van der Waals surface area (Å²) < 4.78 is 4.97. The molecular formula is C12H17N3O2. The molecule has 1 aromatic rings. The first-order valence-electron chi connectivity index (χ1n) is 6.23. The van der Waals surface area contributed by atoms with Crippen molar-refractivity contribution in [1.29, 1.82) is 0 Å². The van der Waals surface area contributed by atoms with Crippen molar-refractivity contribution in [1.82, 2.24) is 15.4 Å². The molecule has 17 heavy (non-hydrogen) atoms. The summed E-state index contributed by atoms with van der Waals surface area (Å²) in [5.74, 6) is 1.55. The van der Waals surface area contributed by atoms with Crippen LogP contribution in [0.15, 0.2) is 16.8 Å². The van der Waals surface area contributed by atoms with Crippen LogP contribution in [0.25, 0.3) is 0 Å². The van der Waals surface area contributed by atoms with Crippen LogP contribution in [0.5, 0.6) is 0 Å². The molecule has 0 bridgehead atoms. The highest BCUT2D eigenvalue weighted by molar-refractivity contribution is 5.91. The summed E-state index contributed by atoms with van der Waals surface area (Å²) in [4.78, 5) is 14.2. The lowest BCUT2D eigenvalue weighted by molar-refractivity contribution is 0.0669. The molecule has 1 N–H and O–H groups in total. The number of likely N-dealkylation sites (tertiary alicyclic amines) is 1. The molecule has 2 aliphatic heterocycles. The van der Waals surface area contributed by atoms with Crippen LogP contribution < -0.4 is 5.32 Å². The molecule has 2 aliphatic rings. The van der Waals surface area contributed by atoms with E-state index in [4.69, 9.17) is 4.52 Å². The summed E-state index contributed by atoms with van der Waals surface area (Å²) in [5.41, 5.74) is 0. The minimum atomic E-state index is -0.0104. The molecule has 1 amide bonds. The van der Waals surface area contributed by atoms with Crippen molar-refractivity contribution >= 4 is 5.91 Å². The number of hydrogen-bond donors (Lipinski definition) is 1. The Morgan fingerprint density at radius 1 is 1.65 bits per heavy atom. The van der Waals surface area contributed by atoms with Gasteiger partial charge >= 0.3 is 0 Å². The van der Waals surface area contributed by atoms with Crippen molar-refractivity contribution in [2.24, 2.45) is 11.8 Å². The number of fused-ring (bicyclic) bond motifs is 1. The lowest BCUT2D eigenvalue weighted by atomic mass is 9.93. The first-order valence-corrected chi connectivity index (χ1v) is 6.23. The van der Waals surface area contributed by atoms with Gasteiger partial charge in [0, 0.05) is 31.7 Å². The lowest BCUT2D eigenvalue weighted by Gasteiger charge is -2.25. The molecule has 5 heteroatoms. The van der Waals surface area contributed by atoms with Gasteiger partial charge < -0.3 is 14.7 Å². The Labute approximate surface area is 100 Å². The van der Waals surface area contributed by atoms with Crippen LogP contribution in [0, 0.1) is 11.8 Å². The number of nitrogens with one attached hydrogen (secondary N) is 1. The molecule has 3 unspecified atom stereocenters. The summed E-state index contributed by atoms with van der Waals surface area (Å²) in [6.07, 6.45) is 2.52. The number of carbonyl (C=O) groups is 1. The molecule has 3 atom stereocenters. The fraction of sp³-hybridized carbons (Fsp3) is 0.667. The van der Waals surface area contributed by atoms with Crippen LogP contribution in [0.4, 0.5) is 0 Å². The van der Waals surface area contributed by atoms with Gasteiger partial charge in [-0.05, 0) is 18.3 Å². The summed E-state index contributed by atoms with van der Waals surface area (Å²) in [7, 11) is 0. The molecule has 0 aliphatic carbocycles. The van der Waals surface area contributed by atoms with Crippen LogP contribution in [0.1, 0.15) is 23.9 Å². The number of rotatable bonds is 2. The molecule has 0 spiro atoms. The third-order valence-corrected chi connectivity index (χ3v) is 4.05. The SMILES string of the molecule is CCC1C2CNCC2CN1C(=O)c1ccno1. The van der Waals surface area contributed by atoms with E-state index in [0.717, 1.165) is 26.1 Å². The number of hydrogen-bond acceptors (Lipinski definition) is 4. The fourth-order valence-corrected chi connectivity index (χ4v) is 3.25. The number of carbonyl (C=O) groups excluding carboxylic acids is 1. The predicted molar refractivity (Wildman–Crippen MR) is 61.5 cm³/mol. The van der Waals surface area contributed by atoms with Crippen LogP contribution in [0.2, 0.25) is 0 Å². The van der Waals surface area contributed by atoms with E-state index in [2.05, 4.69) is 17.4 Å². The van der Waals surface area contributed by atoms with Crippen LogP contribution >= 0.6 is 0 Å². The van der Waals surface area contributed by atoms with Gasteiger partial charge in [-0.3, -0.25) is 4.79 Å². The second kappa shape index (κ2) is 4.14. The Hall–Kier alpha value is -1.36. The minimum absolute atomic E-state index is 0.0104. The van der Waals surface area contributed by atoms with Gasteiger partial charge in [0.15, 0.2) is 0 Å². The van der Waals surface area contributed by atoms with E-state index in [9.17, 15) is 4.79 Å². The standard InChI is InChI=1S/C12H17N3O2/c1-2-10-9-6-13-5-8(9)7-15(10)12(16)11-3-4-14-17-11/h3-4,8-10,13H,2,5-7H2,1H3. The maximum absolute atomic E-state index is 12.3. The maximum atomic E-state index is 12.3. The largest absolute Gasteiger partial charge is 0.351 e. The van der Waals surface area contributed by atoms with Crippen molar-refractivity contribution in [3.05, 3.63) is 18.0 Å². The third kappa shape index (κ3) is 1.65. The molecule has 0 radical (unpaired) electrons. The van der Waals surface area contributed by atoms with E-state index >= 15 is 0 Å². The van der Waals surface area contributed by atoms with Gasteiger partial charge in [0.05, 0.1) is 6.20 Å². The second-order valence-electron chi connectivity index (χ2n) is 4.89. The van der Waals surface area contributed by atoms with E-state index in [1.54, 1.807) is 6.07 Å². The Balaban J connectivity index is 1.81. The zero-order valence-corrected chi connectivity index (χ0v) is 9.93. The summed E-state index contributed by atoms with van der Waals surface area (Å²) >= 11 is 0. The van der Waals surface area contributed by atoms with Gasteiger partial charge in [-0.1, -0.05) is 12.1 Å². The predicted octanol–water partition coefficient (Wildman–Crippen LogP) is 0.745. The quantitative estimate of drug-likeness (QED) is 0.821. The van der Waals surface area contributed by atoms with Gasteiger partial charge in [0.25, 0.3) is 5.91 Å². The smallest absolute Gasteiger partial charge is 0.292 e. The zero-order chi connectivity index (χ0) is 11.8. The third-order valence-electron chi connectivity index (χ3n) is 4.05. The average molecular weight is 235 g/mol. The van der Waals surface area contributed by atoms with Crippen LogP contribution in [0.3, 0.4) is 0 Å². The molecule has 3 heterocycles. The van der Waals surface area contributed by atoms with Crippen LogP contribution in [-0.4, -0.2) is 41.6 Å². The van der Waals surface area contributed by atoms with E-state index in [0.29, 0.717) is 23.6 Å². The van der Waals surface area contributed by atoms with E-state index in [1.165, 1.54) is 6.20 Å². The lowest BCUT2D eigenvalue weighted by Crippen LogP contribution is -2.39. The molecule has 2 saturated heterocycles. The van der Waals surface area contributed by atoms with Gasteiger partial charge in [0.1, 0.15) is 0 Å². The molecule has 1 aromatic heterocycles. The number of amides is 1. The molecule has 2 fully saturated rings. The Kier molecular flexibility index (Phi) is 2.63. The van der Waals surface area contributed by atoms with Gasteiger partial charge in [0.2, 0.25) is 5.76 Å². The molecule has 92 valence electrons. The van der Waals surface area contributed by atoms with E-state index < -0.39 is 0 Å². The Morgan fingerprint density at radius 3 is 3.24 bits per heavy atom. The normalized spacial score (nSPS) is 31.8. The van der Waals surface area contributed by atoms with E-state index in [1.807, 2.05) is 4.90 Å². The highest BCUT2D eigenvalue weighted by Gasteiger charge is 2.45. The van der Waals surface area contributed by atoms with E-state index in [-0.39, 0.29) is 5.91 Å². The van der Waals surface area contributed by atoms with Crippen molar-refractivity contribution in [3.8, 4) is 0 Å². The van der Waals surface area contributed by atoms with Crippen molar-refractivity contribution in [2.75, 3.05) is 19.6 Å². The first kappa shape index (κ1) is 10.8. The summed E-state index contributed by atoms with van der Waals surface area (Å²) in [5, 5.41) is 7.01. The average Bonchev–Trinajstić information content (AvgIpc) is 3.03. The van der Waals surface area contributed by atoms with Gasteiger partial charge in [-0.25, -0.2) is 0 Å². The number of aromatic nitrogens is 1. The molecule has 0 saturated carbocycles. The summed E-state index contributed by atoms with van der Waals surface area (Å²) in [6.45, 7) is 5.05. The maximum Gasteiger partial charge on any atom is 0.292 e. The highest BCUT2D eigenvalue weighted by atomic mass is 16.5. The van der Waals surface area contributed by atoms with Crippen molar-refractivity contribution in [3.63, 3.8) is 0 Å². The zero-order valence-electron chi connectivity index (χ0n) is 9.93. The van der Waals surface area contributed by atoms with Crippen LogP contribution in [-0.2, 0) is 0 Å².